The highest BCUT2D eigenvalue weighted by Gasteiger charge is 2.33. The molecule has 5 atom stereocenters. The molecule has 1 aromatic rings. The smallest absolute Gasteiger partial charge is 0.356 e. The van der Waals surface area contributed by atoms with Gasteiger partial charge in [0.2, 0.25) is 35.4 Å². The average molecular weight is 755 g/mol. The van der Waals surface area contributed by atoms with E-state index in [9.17, 15) is 63.0 Å². The number of carbonyl (C=O) groups excluding carboxylic acids is 6. The topological polar surface area (TPSA) is 384 Å². The predicted molar refractivity (Wildman–Crippen MR) is 171 cm³/mol. The number of ether oxygens (including phenoxy) is 1. The van der Waals surface area contributed by atoms with Gasteiger partial charge in [0.1, 0.15) is 36.0 Å². The van der Waals surface area contributed by atoms with Crippen molar-refractivity contribution in [2.75, 3.05) is 0 Å². The second kappa shape index (κ2) is 20.8. The summed E-state index contributed by atoms with van der Waals surface area (Å²) in [6.45, 7) is 2.10. The molecule has 0 aliphatic heterocycles. The lowest BCUT2D eigenvalue weighted by atomic mass is 10.0. The van der Waals surface area contributed by atoms with Crippen LogP contribution in [0.4, 0.5) is 0 Å². The molecule has 6 amide bonds. The van der Waals surface area contributed by atoms with Crippen LogP contribution in [0.25, 0.3) is 0 Å². The van der Waals surface area contributed by atoms with Gasteiger partial charge < -0.3 is 62.6 Å². The summed E-state index contributed by atoms with van der Waals surface area (Å²) in [5.74, 6) is -14.8. The molecule has 0 aromatic heterocycles. The average Bonchev–Trinajstić information content (AvgIpc) is 3.03. The first-order valence-corrected chi connectivity index (χ1v) is 15.3. The third-order valence-corrected chi connectivity index (χ3v) is 6.84. The molecule has 0 radical (unpaired) electrons. The molecule has 0 aliphatic carbocycles. The Kier molecular flexibility index (Phi) is 17.3. The molecule has 0 aliphatic rings. The summed E-state index contributed by atoms with van der Waals surface area (Å²) in [6, 6.07) is -3.40. The van der Waals surface area contributed by atoms with Crippen molar-refractivity contribution in [3.63, 3.8) is 0 Å². The van der Waals surface area contributed by atoms with E-state index in [1.165, 1.54) is 24.3 Å². The Labute approximate surface area is 298 Å². The van der Waals surface area contributed by atoms with Crippen LogP contribution in [0.3, 0.4) is 0 Å². The van der Waals surface area contributed by atoms with Gasteiger partial charge in [0, 0.05) is 19.8 Å². The zero-order valence-corrected chi connectivity index (χ0v) is 28.0. The number of carboxylic acid groups (broad SMARTS) is 5. The lowest BCUT2D eigenvalue weighted by Gasteiger charge is -2.25. The van der Waals surface area contributed by atoms with Gasteiger partial charge in [-0.15, -0.1) is 0 Å². The summed E-state index contributed by atoms with van der Waals surface area (Å²) in [5, 5.41) is 56.1. The number of carboxylic acids is 5. The summed E-state index contributed by atoms with van der Waals surface area (Å²) >= 11 is 0. The van der Waals surface area contributed by atoms with E-state index in [1.54, 1.807) is 0 Å². The highest BCUT2D eigenvalue weighted by Crippen LogP contribution is 2.16. The van der Waals surface area contributed by atoms with Crippen molar-refractivity contribution in [1.82, 2.24) is 26.6 Å². The zero-order chi connectivity index (χ0) is 40.6. The molecule has 0 fully saturated rings. The molecule has 0 saturated carbocycles. The minimum Gasteiger partial charge on any atom is -0.481 e. The third kappa shape index (κ3) is 16.2. The lowest BCUT2D eigenvalue weighted by Crippen LogP contribution is -2.59. The van der Waals surface area contributed by atoms with Gasteiger partial charge in [-0.05, 0) is 31.0 Å². The fraction of sp³-hybridized carbons (Fsp3) is 0.433. The quantitative estimate of drug-likeness (QED) is 0.0473. The summed E-state index contributed by atoms with van der Waals surface area (Å²) in [5.41, 5.74) is 5.71. The van der Waals surface area contributed by atoms with Crippen molar-refractivity contribution >= 4 is 65.3 Å². The Balaban J connectivity index is 3.14. The number of carbonyl (C=O) groups is 11. The lowest BCUT2D eigenvalue weighted by molar-refractivity contribution is -0.159. The fourth-order valence-electron chi connectivity index (χ4n) is 4.28. The Hall–Kier alpha value is -6.81. The minimum absolute atomic E-state index is 0.174. The molecule has 1 rings (SSSR count). The largest absolute Gasteiger partial charge is 0.481 e. The monoisotopic (exact) mass is 754 g/mol. The molecule has 0 heterocycles. The molecule has 290 valence electrons. The minimum atomic E-state index is -2.22. The standard InChI is InChI=1S/C30H38N6O17/c1-12(32-27(47)18(10-21(40)41)33-13(2)37)25(45)36-19(11-22(42)43)28(48)34-16(7-8-20(38)39)26(46)35-17(24(31)44)9-14-3-5-15(6-4-14)53-23(29(49)50)30(51)52/h3-6,12,16-19,23H,7-11H2,1-2H3,(H2,31,44)(H,32,47)(H,33,37)(H,34,48)(H,35,46)(H,36,45)(H,38,39)(H,40,41)(H,42,43)(H,49,50)(H,51,52)/t12-,16-,17-,18-,19-/m0/s1. The number of hydrogen-bond acceptors (Lipinski definition) is 12. The Bertz CT molecular complexity index is 1570. The van der Waals surface area contributed by atoms with Crippen LogP contribution in [-0.2, 0) is 59.2 Å². The molecule has 0 saturated heterocycles. The highest BCUT2D eigenvalue weighted by atomic mass is 16.5. The third-order valence-electron chi connectivity index (χ3n) is 6.84. The number of hydrogen-bond donors (Lipinski definition) is 11. The van der Waals surface area contributed by atoms with Gasteiger partial charge in [0.15, 0.2) is 0 Å². The number of nitrogens with one attached hydrogen (secondary N) is 5. The normalized spacial score (nSPS) is 13.4. The van der Waals surface area contributed by atoms with Gasteiger partial charge >= 0.3 is 29.8 Å². The number of aliphatic carboxylic acids is 5. The fourth-order valence-corrected chi connectivity index (χ4v) is 4.28. The van der Waals surface area contributed by atoms with Gasteiger partial charge in [-0.3, -0.25) is 43.2 Å². The van der Waals surface area contributed by atoms with E-state index in [1.807, 2.05) is 0 Å². The van der Waals surface area contributed by atoms with E-state index < -0.39 is 127 Å². The van der Waals surface area contributed by atoms with Crippen LogP contribution in [0.5, 0.6) is 5.75 Å². The summed E-state index contributed by atoms with van der Waals surface area (Å²) in [4.78, 5) is 131. The SMILES string of the molecule is CC(=O)N[C@@H](CC(=O)O)C(=O)N[C@@H](C)C(=O)N[C@@H](CC(=O)O)C(=O)N[C@@H](CCC(=O)O)C(=O)N[C@@H](Cc1ccc(OC(C(=O)O)C(=O)O)cc1)C(N)=O. The van der Waals surface area contributed by atoms with Gasteiger partial charge in [-0.2, -0.15) is 0 Å². The van der Waals surface area contributed by atoms with Crippen LogP contribution in [0.1, 0.15) is 45.1 Å². The molecular weight excluding hydrogens is 716 g/mol. The number of nitrogens with two attached hydrogens (primary N) is 1. The maximum Gasteiger partial charge on any atom is 0.356 e. The maximum atomic E-state index is 13.2. The van der Waals surface area contributed by atoms with Crippen LogP contribution < -0.4 is 37.1 Å². The van der Waals surface area contributed by atoms with Crippen LogP contribution in [0.15, 0.2) is 24.3 Å². The second-order valence-corrected chi connectivity index (χ2v) is 11.2. The Morgan fingerprint density at radius 3 is 1.53 bits per heavy atom. The van der Waals surface area contributed by atoms with Crippen LogP contribution in [0, 0.1) is 0 Å². The van der Waals surface area contributed by atoms with Crippen LogP contribution in [-0.4, -0.2) is 127 Å². The molecule has 0 unspecified atom stereocenters. The number of amides is 6. The first kappa shape index (κ1) is 44.2. The molecule has 1 aromatic carbocycles. The van der Waals surface area contributed by atoms with Gasteiger partial charge in [0.25, 0.3) is 6.10 Å². The Morgan fingerprint density at radius 1 is 0.623 bits per heavy atom. The second-order valence-electron chi connectivity index (χ2n) is 11.2. The van der Waals surface area contributed by atoms with E-state index >= 15 is 0 Å². The predicted octanol–water partition coefficient (Wildman–Crippen LogP) is -4.09. The molecular formula is C30H38N6O17. The maximum absolute atomic E-state index is 13.2. The van der Waals surface area contributed by atoms with E-state index in [2.05, 4.69) is 26.6 Å². The van der Waals surface area contributed by atoms with Crippen molar-refractivity contribution in [3.8, 4) is 5.75 Å². The van der Waals surface area contributed by atoms with E-state index in [4.69, 9.17) is 25.8 Å². The summed E-state index contributed by atoms with van der Waals surface area (Å²) in [7, 11) is 0. The van der Waals surface area contributed by atoms with Gasteiger partial charge in [0.05, 0.1) is 12.8 Å². The first-order valence-electron chi connectivity index (χ1n) is 15.3. The molecule has 0 bridgehead atoms. The van der Waals surface area contributed by atoms with E-state index in [-0.39, 0.29) is 17.7 Å². The number of rotatable bonds is 23. The number of benzene rings is 1. The van der Waals surface area contributed by atoms with Crippen molar-refractivity contribution in [2.45, 2.75) is 82.3 Å². The number of primary amides is 1. The van der Waals surface area contributed by atoms with E-state index in [0.717, 1.165) is 13.8 Å². The highest BCUT2D eigenvalue weighted by molar-refractivity contribution is 5.98. The van der Waals surface area contributed by atoms with Crippen molar-refractivity contribution in [3.05, 3.63) is 29.8 Å². The molecule has 23 heteroatoms. The molecule has 12 N–H and O–H groups in total. The Morgan fingerprint density at radius 2 is 1.08 bits per heavy atom. The van der Waals surface area contributed by atoms with Gasteiger partial charge in [-0.1, -0.05) is 12.1 Å². The van der Waals surface area contributed by atoms with Crippen molar-refractivity contribution in [1.29, 1.82) is 0 Å². The van der Waals surface area contributed by atoms with Crippen molar-refractivity contribution in [2.24, 2.45) is 5.73 Å². The first-order chi connectivity index (χ1) is 24.6. The summed E-state index contributed by atoms with van der Waals surface area (Å²) < 4.78 is 4.89. The van der Waals surface area contributed by atoms with Gasteiger partial charge in [-0.25, -0.2) is 9.59 Å². The zero-order valence-electron chi connectivity index (χ0n) is 28.0. The molecule has 23 nitrogen and oxygen atoms in total. The van der Waals surface area contributed by atoms with Crippen molar-refractivity contribution < 1.29 is 83.0 Å². The molecule has 53 heavy (non-hydrogen) atoms. The van der Waals surface area contributed by atoms with Crippen LogP contribution in [0.2, 0.25) is 0 Å². The van der Waals surface area contributed by atoms with E-state index in [0.29, 0.717) is 0 Å². The summed E-state index contributed by atoms with van der Waals surface area (Å²) in [6.07, 6.45) is -5.80. The van der Waals surface area contributed by atoms with Crippen LogP contribution >= 0.6 is 0 Å². The molecule has 0 spiro atoms.